The zero-order valence-electron chi connectivity index (χ0n) is 77.2. The molecule has 0 aromatic heterocycles. The Morgan fingerprint density at radius 1 is 0.333 bits per heavy atom. The molecule has 0 radical (unpaired) electrons. The Morgan fingerprint density at radius 3 is 0.970 bits per heavy atom. The van der Waals surface area contributed by atoms with Crippen molar-refractivity contribution in [1.82, 2.24) is 52.8 Å². The average Bonchev–Trinajstić information content (AvgIpc) is 0.760. The molecular weight excluding hydrogens is 1780 g/mol. The monoisotopic (exact) mass is 1910 g/mol. The molecule has 3 saturated heterocycles. The molecule has 3 fully saturated rings. The fourth-order valence-electron chi connectivity index (χ4n) is 16.7. The van der Waals surface area contributed by atoms with Gasteiger partial charge in [-0.05, 0) is 104 Å². The van der Waals surface area contributed by atoms with E-state index >= 15 is 0 Å². The van der Waals surface area contributed by atoms with E-state index in [0.717, 1.165) is 33.4 Å². The van der Waals surface area contributed by atoms with Crippen molar-refractivity contribution in [2.45, 2.75) is 263 Å². The van der Waals surface area contributed by atoms with Crippen molar-refractivity contribution in [2.24, 2.45) is 0 Å². The normalized spacial score (nSPS) is 22.2. The standard InChI is InChI=1S/C99H138N10O24S2/c1-66(110)104-81-84(117)87(120)92(125)131-95(81)128-60-34-7-4-30-54-100-77(113)52-50-75(90(123)102-55-31-5-8-35-61-129-96-82(105-67(2)111)85(118)88(121)93(126)132-96)108-79(115)53-51-76(91(124)103-56-32-6-9-36-62-130-97-83(106-68(3)112)86(119)89(122)94(127)133-97)107-78(114)49-29-16-33-58-109(59-64-135-99(72-43-23-13-24-44-72,73-45-25-14-26-46-73)74-47-27-15-28-48-74)65-80(116)101-57-63-134-98(69-37-17-10-18-38-69,70-39-19-11-20-40-70)71-41-21-12-22-42-71/h10-15,17-28,37-48,75-76,81-89,92-97,117-122,125-127H,4-9,16,29-36,49-65H2,1-3H3,(H,100,113)(H,101,116)(H,102,123)(H,103,124)(H,104,110)(H,105,111)(H,106,112)(H,107,114)(H,108,115)/t75?,76?,81-,82-,83-,84-,85-,86-,87-,88-,89-,92+,93+,94+,95-,96-,97-/m1/s1. The summed E-state index contributed by atoms with van der Waals surface area (Å²) in [6.07, 6.45) is -11.7. The maximum absolute atomic E-state index is 14.5. The highest BCUT2D eigenvalue weighted by Crippen LogP contribution is 2.50. The molecule has 9 amide bonds. The number of nitrogens with zero attached hydrogens (tertiary/aromatic N) is 1. The number of hydrogen-bond acceptors (Lipinski definition) is 27. The number of ether oxygens (including phenoxy) is 6. The predicted molar refractivity (Wildman–Crippen MR) is 507 cm³/mol. The number of aliphatic hydroxyl groups is 9. The molecule has 0 spiro atoms. The minimum Gasteiger partial charge on any atom is -0.388 e. The first-order valence-electron chi connectivity index (χ1n) is 47.0. The summed E-state index contributed by atoms with van der Waals surface area (Å²) in [7, 11) is 0. The third-order valence-corrected chi connectivity index (χ3v) is 26.8. The van der Waals surface area contributed by atoms with Crippen LogP contribution in [0.15, 0.2) is 182 Å². The fourth-order valence-corrected chi connectivity index (χ4v) is 19.6. The molecule has 3 aliphatic rings. The number of unbranched alkanes of at least 4 members (excludes halogenated alkanes) is 11. The van der Waals surface area contributed by atoms with Crippen molar-refractivity contribution in [3.8, 4) is 0 Å². The van der Waals surface area contributed by atoms with E-state index in [0.29, 0.717) is 127 Å². The molecule has 36 heteroatoms. The second kappa shape index (κ2) is 58.4. The van der Waals surface area contributed by atoms with Gasteiger partial charge in [0.05, 0.1) is 16.0 Å². The zero-order chi connectivity index (χ0) is 96.9. The fraction of sp³-hybridized carbons (Fsp3) is 0.545. The lowest BCUT2D eigenvalue weighted by molar-refractivity contribution is -0.315. The largest absolute Gasteiger partial charge is 0.388 e. The van der Waals surface area contributed by atoms with Crippen LogP contribution in [0.2, 0.25) is 0 Å². The van der Waals surface area contributed by atoms with Crippen LogP contribution in [-0.2, 0) is 81.1 Å². The van der Waals surface area contributed by atoms with Gasteiger partial charge in [0.1, 0.15) is 66.8 Å². The molecule has 17 atom stereocenters. The molecule has 2 unspecified atom stereocenters. The minimum absolute atomic E-state index is 0.00141. The first-order chi connectivity index (χ1) is 65.2. The summed E-state index contributed by atoms with van der Waals surface area (Å²) in [6.45, 7) is 6.03. The van der Waals surface area contributed by atoms with Gasteiger partial charge in [-0.25, -0.2) is 0 Å². The van der Waals surface area contributed by atoms with Gasteiger partial charge in [-0.3, -0.25) is 48.1 Å². The number of carbonyl (C=O) groups excluding carboxylic acids is 9. The highest BCUT2D eigenvalue weighted by atomic mass is 32.2. The van der Waals surface area contributed by atoms with Crippen molar-refractivity contribution in [1.29, 1.82) is 0 Å². The predicted octanol–water partition coefficient (Wildman–Crippen LogP) is 4.73. The molecule has 34 nitrogen and oxygen atoms in total. The topological polar surface area (TPSA) is 503 Å². The third-order valence-electron chi connectivity index (χ3n) is 23.7. The molecular formula is C99H138N10O24S2. The van der Waals surface area contributed by atoms with Gasteiger partial charge in [0.15, 0.2) is 37.7 Å². The number of hydrogen-bond donors (Lipinski definition) is 18. The van der Waals surface area contributed by atoms with E-state index in [1.54, 1.807) is 23.5 Å². The van der Waals surface area contributed by atoms with E-state index in [9.17, 15) is 89.1 Å². The van der Waals surface area contributed by atoms with Crippen LogP contribution in [0.5, 0.6) is 0 Å². The van der Waals surface area contributed by atoms with Crippen molar-refractivity contribution in [3.05, 3.63) is 215 Å². The van der Waals surface area contributed by atoms with Crippen LogP contribution in [0.1, 0.15) is 183 Å². The Balaban J connectivity index is 0.839. The molecule has 6 aromatic rings. The molecule has 6 aromatic carbocycles. The molecule has 0 saturated carbocycles. The van der Waals surface area contributed by atoms with E-state index < -0.39 is 161 Å². The van der Waals surface area contributed by atoms with Gasteiger partial charge in [-0.1, -0.05) is 227 Å². The van der Waals surface area contributed by atoms with Crippen LogP contribution >= 0.6 is 23.5 Å². The number of carbonyl (C=O) groups is 9. The van der Waals surface area contributed by atoms with Gasteiger partial charge in [0.2, 0.25) is 53.2 Å². The summed E-state index contributed by atoms with van der Waals surface area (Å²) in [4.78, 5) is 123. The van der Waals surface area contributed by atoms with Crippen LogP contribution in [0.3, 0.4) is 0 Å². The summed E-state index contributed by atoms with van der Waals surface area (Å²) in [5, 5.41) is 117. The van der Waals surface area contributed by atoms with Crippen molar-refractivity contribution < 1.29 is 118 Å². The lowest BCUT2D eigenvalue weighted by Gasteiger charge is -2.40. The number of aliphatic hydroxyl groups excluding tert-OH is 9. The smallest absolute Gasteiger partial charge is 0.242 e. The highest BCUT2D eigenvalue weighted by molar-refractivity contribution is 8.00. The molecule has 3 aliphatic heterocycles. The lowest BCUT2D eigenvalue weighted by Crippen LogP contribution is -2.63. The number of thioether (sulfide) groups is 2. The molecule has 0 bridgehead atoms. The Labute approximate surface area is 798 Å². The van der Waals surface area contributed by atoms with Gasteiger partial charge in [-0.2, -0.15) is 0 Å². The van der Waals surface area contributed by atoms with Gasteiger partial charge in [0.25, 0.3) is 0 Å². The second-order valence-electron chi connectivity index (χ2n) is 34.1. The molecule has 9 rings (SSSR count). The average molecular weight is 1920 g/mol. The van der Waals surface area contributed by atoms with Gasteiger partial charge < -0.3 is 122 Å². The molecule has 135 heavy (non-hydrogen) atoms. The number of benzene rings is 6. The van der Waals surface area contributed by atoms with Gasteiger partial charge >= 0.3 is 0 Å². The van der Waals surface area contributed by atoms with Crippen LogP contribution in [0, 0.1) is 0 Å². The van der Waals surface area contributed by atoms with Crippen molar-refractivity contribution in [2.75, 3.05) is 77.1 Å². The van der Waals surface area contributed by atoms with Crippen LogP contribution in [0.4, 0.5) is 0 Å². The number of rotatable bonds is 59. The summed E-state index contributed by atoms with van der Waals surface area (Å²) in [5.41, 5.74) is 6.64. The van der Waals surface area contributed by atoms with Gasteiger partial charge in [-0.15, -0.1) is 23.5 Å². The minimum atomic E-state index is -1.76. The summed E-state index contributed by atoms with van der Waals surface area (Å²) >= 11 is 3.56. The SMILES string of the molecule is CC(=O)N[C@H]1[C@H](OCCCCCCNC(=O)CCC(NC(=O)CCC(NC(=O)CCCCCN(CCSC(c2ccccc2)(c2ccccc2)c2ccccc2)CC(=O)NCCSC(c2ccccc2)(c2ccccc2)c2ccccc2)C(=O)NCCCCCCO[C@@H]2O[C@H](O)[C@H](O)[C@H](O)[C@H]2NC(C)=O)C(=O)NCCCCCCO[C@@H]2O[C@H](O)[C@H](O)[C@H](O)[C@H]2NC(C)=O)O[C@H](O)[C@H](O)[C@@H]1O. The van der Waals surface area contributed by atoms with Crippen LogP contribution in [0.25, 0.3) is 0 Å². The van der Waals surface area contributed by atoms with Crippen LogP contribution < -0.4 is 47.9 Å². The number of nitrogens with one attached hydrogen (secondary N) is 9. The third kappa shape index (κ3) is 34.6. The van der Waals surface area contributed by atoms with Gasteiger partial charge in [0, 0.05) is 104 Å². The quantitative estimate of drug-likeness (QED) is 0.0181. The Hall–Kier alpha value is -9.39. The summed E-state index contributed by atoms with van der Waals surface area (Å²) < 4.78 is 32.1. The van der Waals surface area contributed by atoms with Crippen molar-refractivity contribution in [3.63, 3.8) is 0 Å². The maximum Gasteiger partial charge on any atom is 0.242 e. The van der Waals surface area contributed by atoms with E-state index in [4.69, 9.17) is 28.4 Å². The van der Waals surface area contributed by atoms with Crippen LogP contribution in [-0.4, -0.2) is 286 Å². The first kappa shape index (κ1) is 109. The summed E-state index contributed by atoms with van der Waals surface area (Å²) in [6, 6.07) is 56.5. The molecule has 740 valence electrons. The number of amides is 9. The van der Waals surface area contributed by atoms with E-state index in [-0.39, 0.29) is 84.0 Å². The molecule has 18 N–H and O–H groups in total. The Bertz CT molecular complexity index is 4330. The van der Waals surface area contributed by atoms with Crippen molar-refractivity contribution >= 4 is 76.7 Å². The zero-order valence-corrected chi connectivity index (χ0v) is 78.8. The second-order valence-corrected chi connectivity index (χ2v) is 36.7. The van der Waals surface area contributed by atoms with E-state index in [2.05, 4.69) is 126 Å². The Morgan fingerprint density at radius 2 is 0.630 bits per heavy atom. The summed E-state index contributed by atoms with van der Waals surface area (Å²) in [5.74, 6) is -3.18. The van der Waals surface area contributed by atoms with E-state index in [1.165, 1.54) is 20.8 Å². The maximum atomic E-state index is 14.5. The molecule has 0 aliphatic carbocycles. The lowest BCUT2D eigenvalue weighted by atomic mass is 9.84. The Kier molecular flexibility index (Phi) is 47.2. The van der Waals surface area contributed by atoms with E-state index in [1.807, 2.05) is 109 Å². The highest BCUT2D eigenvalue weighted by Gasteiger charge is 2.49. The molecule has 3 heterocycles. The first-order valence-corrected chi connectivity index (χ1v) is 48.9.